The lowest BCUT2D eigenvalue weighted by Gasteiger charge is -2.40. The predicted molar refractivity (Wildman–Crippen MR) is 129 cm³/mol. The van der Waals surface area contributed by atoms with Crippen LogP contribution in [0.2, 0.25) is 0 Å². The zero-order valence-corrected chi connectivity index (χ0v) is 21.6. The number of morpholine rings is 1. The normalized spacial score (nSPS) is 15.7. The van der Waals surface area contributed by atoms with E-state index in [-0.39, 0.29) is 0 Å². The maximum Gasteiger partial charge on any atom is 0.141 e. The fourth-order valence-corrected chi connectivity index (χ4v) is 3.85. The molecule has 0 N–H and O–H groups in total. The molecule has 0 radical (unpaired) electrons. The summed E-state index contributed by atoms with van der Waals surface area (Å²) in [4.78, 5) is 0. The molecule has 5 nitrogen and oxygen atoms in total. The first kappa shape index (κ1) is 29.1. The van der Waals surface area contributed by atoms with Crippen molar-refractivity contribution >= 4 is 32.7 Å². The summed E-state index contributed by atoms with van der Waals surface area (Å²) in [5, 5.41) is 0. The molecule has 0 saturated carbocycles. The van der Waals surface area contributed by atoms with E-state index in [2.05, 4.69) is 39.4 Å². The highest BCUT2D eigenvalue weighted by Gasteiger charge is 2.28. The summed E-state index contributed by atoms with van der Waals surface area (Å²) in [6.07, 6.45) is 17.7. The molecule has 0 aromatic rings. The summed E-state index contributed by atoms with van der Waals surface area (Å²) >= 11 is 2.16. The Morgan fingerprint density at radius 3 is 1.72 bits per heavy atom. The quantitative estimate of drug-likeness (QED) is 0.101. The van der Waals surface area contributed by atoms with Crippen LogP contribution in [-0.4, -0.2) is 63.1 Å². The second-order valence-electron chi connectivity index (χ2n) is 8.15. The van der Waals surface area contributed by atoms with E-state index < -0.39 is 10.1 Å². The number of halogens is 1. The molecule has 1 aliphatic rings. The number of quaternary nitrogens is 1. The molecule has 29 heavy (non-hydrogen) atoms. The number of rotatable bonds is 14. The molecule has 0 aliphatic carbocycles. The minimum absolute atomic E-state index is 0.604. The van der Waals surface area contributed by atoms with Gasteiger partial charge in [0.05, 0.1) is 29.9 Å². The lowest BCUT2D eigenvalue weighted by atomic mass is 10.0. The Morgan fingerprint density at radius 1 is 0.897 bits per heavy atom. The smallest absolute Gasteiger partial charge is 0.141 e. The summed E-state index contributed by atoms with van der Waals surface area (Å²) in [7, 11) is -3.92. The van der Waals surface area contributed by atoms with Gasteiger partial charge in [0.2, 0.25) is 0 Å². The van der Waals surface area contributed by atoms with Gasteiger partial charge >= 0.3 is 0 Å². The molecule has 0 bridgehead atoms. The summed E-state index contributed by atoms with van der Waals surface area (Å²) in [6, 6.07) is 0. The fraction of sp³-hybridized carbons (Fsp3) is 0.909. The van der Waals surface area contributed by atoms with Gasteiger partial charge in [-0.05, 0) is 22.7 Å². The van der Waals surface area contributed by atoms with Crippen molar-refractivity contribution in [3.8, 4) is 9.85 Å². The number of ether oxygens (including phenoxy) is 1. The van der Waals surface area contributed by atoms with Crippen molar-refractivity contribution in [3.63, 3.8) is 0 Å². The van der Waals surface area contributed by atoms with Crippen LogP contribution < -0.4 is 0 Å². The summed E-state index contributed by atoms with van der Waals surface area (Å²) in [5.74, 6) is 3.31. The van der Waals surface area contributed by atoms with Gasteiger partial charge in [-0.15, -0.1) is 0 Å². The molecule has 0 atom stereocenters. The first-order valence-corrected chi connectivity index (χ1v) is 14.1. The second-order valence-corrected chi connectivity index (χ2v) is 10.1. The second kappa shape index (κ2) is 18.9. The van der Waals surface area contributed by atoms with Crippen LogP contribution in [0.1, 0.15) is 84.0 Å². The van der Waals surface area contributed by atoms with E-state index in [0.29, 0.717) is 6.26 Å². The van der Waals surface area contributed by atoms with Crippen LogP contribution in [0, 0.1) is 9.85 Å². The number of unbranched alkanes of at least 4 members (excludes halogenated alkanes) is 11. The number of nitrogens with zero attached hydrogens (tertiary/aromatic N) is 1. The van der Waals surface area contributed by atoms with Crippen LogP contribution in [0.3, 0.4) is 0 Å². The third-order valence-electron chi connectivity index (χ3n) is 5.39. The van der Waals surface area contributed by atoms with E-state index >= 15 is 0 Å². The number of hydrogen-bond donors (Lipinski definition) is 0. The van der Waals surface area contributed by atoms with Gasteiger partial charge in [0.25, 0.3) is 0 Å². The van der Waals surface area contributed by atoms with Crippen molar-refractivity contribution in [3.05, 3.63) is 0 Å². The average Bonchev–Trinajstić information content (AvgIpc) is 2.67. The van der Waals surface area contributed by atoms with E-state index in [9.17, 15) is 0 Å². The van der Waals surface area contributed by atoms with Crippen LogP contribution in [0.15, 0.2) is 0 Å². The van der Waals surface area contributed by atoms with Gasteiger partial charge in [-0.2, -0.15) is 0 Å². The molecule has 7 heteroatoms. The third-order valence-corrected chi connectivity index (χ3v) is 5.77. The Labute approximate surface area is 193 Å². The largest absolute Gasteiger partial charge is 0.748 e. The Bertz CT molecular complexity index is 529. The molecule has 0 spiro atoms. The maximum atomic E-state index is 9.08. The molecular formula is C22H42INO4S. The van der Waals surface area contributed by atoms with Crippen molar-refractivity contribution in [2.45, 2.75) is 84.0 Å². The molecule has 1 saturated heterocycles. The Morgan fingerprint density at radius 2 is 1.31 bits per heavy atom. The highest BCUT2D eigenvalue weighted by atomic mass is 127. The van der Waals surface area contributed by atoms with Crippen molar-refractivity contribution in [1.29, 1.82) is 0 Å². The minimum Gasteiger partial charge on any atom is -0.748 e. The third kappa shape index (κ3) is 21.1. The van der Waals surface area contributed by atoms with Gasteiger partial charge in [-0.25, -0.2) is 8.42 Å². The van der Waals surface area contributed by atoms with Crippen LogP contribution in [0.4, 0.5) is 0 Å². The van der Waals surface area contributed by atoms with E-state index in [1.54, 1.807) is 0 Å². The molecule has 1 aliphatic heterocycles. The molecule has 1 rings (SSSR count). The van der Waals surface area contributed by atoms with Crippen LogP contribution in [0.5, 0.6) is 0 Å². The van der Waals surface area contributed by atoms with Gasteiger partial charge in [-0.3, -0.25) is 0 Å². The zero-order valence-electron chi connectivity index (χ0n) is 18.6. The Balaban J connectivity index is 0.00000139. The van der Waals surface area contributed by atoms with Gasteiger partial charge in [0.15, 0.2) is 0 Å². The fourth-order valence-electron chi connectivity index (χ4n) is 3.68. The van der Waals surface area contributed by atoms with E-state index in [4.69, 9.17) is 17.7 Å². The summed E-state index contributed by atoms with van der Waals surface area (Å²) in [5.41, 5.74) is 0. The molecule has 172 valence electrons. The standard InChI is InChI=1S/C21H39INO.CH4O3S/c1-2-3-4-5-6-7-8-9-10-11-12-13-16-23(17-14-15-22)18-20-24-21-19-23;1-5(2,3)4/h2-13,16-21H2,1H3;1H3,(H,2,3,4)/q+1;/p-1. The van der Waals surface area contributed by atoms with Gasteiger partial charge in [-0.1, -0.05) is 71.1 Å². The molecule has 0 amide bonds. The minimum atomic E-state index is -3.92. The lowest BCUT2D eigenvalue weighted by molar-refractivity contribution is -0.928. The van der Waals surface area contributed by atoms with E-state index in [1.807, 2.05) is 0 Å². The monoisotopic (exact) mass is 543 g/mol. The topological polar surface area (TPSA) is 66.4 Å². The van der Waals surface area contributed by atoms with Crippen LogP contribution in [0.25, 0.3) is 0 Å². The average molecular weight is 544 g/mol. The number of hydrogen-bond acceptors (Lipinski definition) is 4. The highest BCUT2D eigenvalue weighted by Crippen LogP contribution is 2.16. The van der Waals surface area contributed by atoms with Gasteiger partial charge in [0, 0.05) is 28.8 Å². The maximum absolute atomic E-state index is 9.08. The summed E-state index contributed by atoms with van der Waals surface area (Å²) < 4.78 is 37.0. The lowest BCUT2D eigenvalue weighted by Crippen LogP contribution is -2.55. The Hall–Kier alpha value is 0.120. The Kier molecular flexibility index (Phi) is 18.9. The van der Waals surface area contributed by atoms with Crippen molar-refractivity contribution in [1.82, 2.24) is 0 Å². The van der Waals surface area contributed by atoms with Crippen LogP contribution >= 0.6 is 22.6 Å². The summed E-state index contributed by atoms with van der Waals surface area (Å²) in [6.45, 7) is 8.76. The molecule has 1 fully saturated rings. The van der Waals surface area contributed by atoms with E-state index in [0.717, 1.165) is 32.8 Å². The van der Waals surface area contributed by atoms with Gasteiger partial charge in [0.1, 0.15) is 19.6 Å². The van der Waals surface area contributed by atoms with Crippen molar-refractivity contribution in [2.24, 2.45) is 0 Å². The zero-order chi connectivity index (χ0) is 21.8. The van der Waals surface area contributed by atoms with Crippen LogP contribution in [-0.2, 0) is 14.9 Å². The first-order chi connectivity index (χ1) is 13.8. The predicted octanol–water partition coefficient (Wildman–Crippen LogP) is 5.09. The van der Waals surface area contributed by atoms with Crippen molar-refractivity contribution < 1.29 is 22.2 Å². The highest BCUT2D eigenvalue weighted by molar-refractivity contribution is 14.1. The molecular weight excluding hydrogens is 501 g/mol. The van der Waals surface area contributed by atoms with Gasteiger partial charge < -0.3 is 13.8 Å². The molecule has 0 aromatic heterocycles. The van der Waals surface area contributed by atoms with Crippen molar-refractivity contribution in [2.75, 3.05) is 45.6 Å². The first-order valence-electron chi connectivity index (χ1n) is 11.3. The SMILES string of the molecule is CCCCCCCCCCCCCC[N+]1(CC#CI)CCOCC1.CS(=O)(=O)[O-]. The molecule has 0 aromatic carbocycles. The van der Waals surface area contributed by atoms with E-state index in [1.165, 1.54) is 88.1 Å². The molecule has 0 unspecified atom stereocenters. The molecule has 1 heterocycles.